The molecule has 98 valence electrons. The second-order valence-electron chi connectivity index (χ2n) is 4.15. The summed E-state index contributed by atoms with van der Waals surface area (Å²) in [5.41, 5.74) is 1.17. The van der Waals surface area contributed by atoms with Gasteiger partial charge in [-0.15, -0.1) is 11.3 Å². The normalized spacial score (nSPS) is 11.4. The number of aromatic nitrogens is 1. The van der Waals surface area contributed by atoms with E-state index in [0.29, 0.717) is 5.25 Å². The first-order valence-corrected chi connectivity index (χ1v) is 7.76. The van der Waals surface area contributed by atoms with Crippen molar-refractivity contribution in [3.05, 3.63) is 15.6 Å². The molecule has 0 spiro atoms. The van der Waals surface area contributed by atoms with Crippen molar-refractivity contribution in [2.75, 3.05) is 20.3 Å². The number of methoxy groups -OCH3 is 1. The van der Waals surface area contributed by atoms with Gasteiger partial charge in [0.25, 0.3) is 0 Å². The highest BCUT2D eigenvalue weighted by atomic mass is 32.2. The Hall–Kier alpha value is -0.100. The fourth-order valence-electron chi connectivity index (χ4n) is 1.33. The minimum atomic E-state index is 0.669. The topological polar surface area (TPSA) is 34.1 Å². The lowest BCUT2D eigenvalue weighted by atomic mass is 10.4. The van der Waals surface area contributed by atoms with Gasteiger partial charge in [-0.25, -0.2) is 4.98 Å². The quantitative estimate of drug-likeness (QED) is 0.739. The molecule has 0 atom stereocenters. The Kier molecular flexibility index (Phi) is 7.11. The van der Waals surface area contributed by atoms with Crippen LogP contribution in [0.4, 0.5) is 0 Å². The second-order valence-corrected chi connectivity index (χ2v) is 6.88. The molecule has 0 unspecified atom stereocenters. The SMILES string of the molecule is COCCNCc1sc(CSC(C)C)nc1C. The molecule has 0 aromatic carbocycles. The molecule has 1 N–H and O–H groups in total. The van der Waals surface area contributed by atoms with Gasteiger partial charge in [0.2, 0.25) is 0 Å². The average Bonchev–Trinajstić information content (AvgIpc) is 2.63. The fraction of sp³-hybridized carbons (Fsp3) is 0.750. The molecule has 1 aromatic rings. The molecule has 1 heterocycles. The predicted molar refractivity (Wildman–Crippen MR) is 76.9 cm³/mol. The molecule has 0 aliphatic heterocycles. The summed E-state index contributed by atoms with van der Waals surface area (Å²) in [6.07, 6.45) is 0. The van der Waals surface area contributed by atoms with Crippen molar-refractivity contribution in [2.45, 2.75) is 38.3 Å². The number of rotatable bonds is 8. The highest BCUT2D eigenvalue weighted by molar-refractivity contribution is 7.99. The monoisotopic (exact) mass is 274 g/mol. The highest BCUT2D eigenvalue weighted by Crippen LogP contribution is 2.23. The van der Waals surface area contributed by atoms with Gasteiger partial charge >= 0.3 is 0 Å². The summed E-state index contributed by atoms with van der Waals surface area (Å²) in [4.78, 5) is 5.96. The Morgan fingerprint density at radius 2 is 2.24 bits per heavy atom. The minimum absolute atomic E-state index is 0.669. The first kappa shape index (κ1) is 15.0. The van der Waals surface area contributed by atoms with E-state index in [2.05, 4.69) is 31.1 Å². The van der Waals surface area contributed by atoms with Gasteiger partial charge in [-0.05, 0) is 12.2 Å². The largest absolute Gasteiger partial charge is 0.383 e. The molecule has 1 aromatic heterocycles. The van der Waals surface area contributed by atoms with Crippen LogP contribution in [0.2, 0.25) is 0 Å². The minimum Gasteiger partial charge on any atom is -0.383 e. The van der Waals surface area contributed by atoms with Crippen molar-refractivity contribution in [2.24, 2.45) is 0 Å². The van der Waals surface area contributed by atoms with Gasteiger partial charge in [-0.3, -0.25) is 0 Å². The lowest BCUT2D eigenvalue weighted by Crippen LogP contribution is -2.18. The van der Waals surface area contributed by atoms with Crippen LogP contribution < -0.4 is 5.32 Å². The molecule has 0 amide bonds. The number of nitrogens with one attached hydrogen (secondary N) is 1. The molecule has 5 heteroatoms. The number of hydrogen-bond acceptors (Lipinski definition) is 5. The van der Waals surface area contributed by atoms with Gasteiger partial charge in [0.15, 0.2) is 0 Å². The summed E-state index contributed by atoms with van der Waals surface area (Å²) in [6.45, 7) is 9.08. The van der Waals surface area contributed by atoms with Crippen molar-refractivity contribution in [1.82, 2.24) is 10.3 Å². The molecule has 17 heavy (non-hydrogen) atoms. The van der Waals surface area contributed by atoms with E-state index in [1.807, 2.05) is 23.1 Å². The molecule has 0 aliphatic rings. The Balaban J connectivity index is 2.39. The van der Waals surface area contributed by atoms with Gasteiger partial charge in [0, 0.05) is 30.8 Å². The van der Waals surface area contributed by atoms with E-state index in [1.165, 1.54) is 15.6 Å². The Labute approximate surface area is 112 Å². The number of aryl methyl sites for hydroxylation is 1. The van der Waals surface area contributed by atoms with Crippen molar-refractivity contribution in [3.63, 3.8) is 0 Å². The summed E-state index contributed by atoms with van der Waals surface area (Å²) in [6, 6.07) is 0. The first-order valence-electron chi connectivity index (χ1n) is 5.90. The van der Waals surface area contributed by atoms with Crippen molar-refractivity contribution < 1.29 is 4.74 Å². The lowest BCUT2D eigenvalue weighted by molar-refractivity contribution is 0.199. The maximum atomic E-state index is 5.00. The molecule has 0 bridgehead atoms. The third-order valence-corrected chi connectivity index (χ3v) is 4.69. The van der Waals surface area contributed by atoms with Gasteiger partial charge in [0.1, 0.15) is 5.01 Å². The van der Waals surface area contributed by atoms with Crippen LogP contribution in [0, 0.1) is 6.92 Å². The molecule has 1 rings (SSSR count). The van der Waals surface area contributed by atoms with E-state index in [0.717, 1.165) is 25.4 Å². The van der Waals surface area contributed by atoms with Crippen LogP contribution in [0.3, 0.4) is 0 Å². The van der Waals surface area contributed by atoms with E-state index in [-0.39, 0.29) is 0 Å². The predicted octanol–water partition coefficient (Wildman–Crippen LogP) is 2.83. The van der Waals surface area contributed by atoms with Crippen LogP contribution in [0.1, 0.15) is 29.4 Å². The van der Waals surface area contributed by atoms with E-state index >= 15 is 0 Å². The van der Waals surface area contributed by atoms with Crippen molar-refractivity contribution >= 4 is 23.1 Å². The van der Waals surface area contributed by atoms with Crippen LogP contribution in [-0.2, 0) is 17.0 Å². The van der Waals surface area contributed by atoms with Gasteiger partial charge < -0.3 is 10.1 Å². The number of thioether (sulfide) groups is 1. The highest BCUT2D eigenvalue weighted by Gasteiger charge is 2.07. The standard InChI is InChI=1S/C12H22N2OS2/c1-9(2)16-8-12-14-10(3)11(17-12)7-13-5-6-15-4/h9,13H,5-8H2,1-4H3. The van der Waals surface area contributed by atoms with Crippen LogP contribution in [0.15, 0.2) is 0 Å². The smallest absolute Gasteiger partial charge is 0.103 e. The first-order chi connectivity index (χ1) is 8.13. The van der Waals surface area contributed by atoms with Crippen LogP contribution >= 0.6 is 23.1 Å². The molecular formula is C12H22N2OS2. The van der Waals surface area contributed by atoms with E-state index < -0.39 is 0 Å². The maximum Gasteiger partial charge on any atom is 0.103 e. The molecule has 0 saturated carbocycles. The summed E-state index contributed by atoms with van der Waals surface area (Å²) in [7, 11) is 1.72. The van der Waals surface area contributed by atoms with Crippen molar-refractivity contribution in [1.29, 1.82) is 0 Å². The zero-order chi connectivity index (χ0) is 12.7. The third kappa shape index (κ3) is 5.86. The number of thiazole rings is 1. The van der Waals surface area contributed by atoms with Crippen molar-refractivity contribution in [3.8, 4) is 0 Å². The number of hydrogen-bond donors (Lipinski definition) is 1. The summed E-state index contributed by atoms with van der Waals surface area (Å²) in [5, 5.41) is 5.27. The zero-order valence-corrected chi connectivity index (χ0v) is 12.7. The van der Waals surface area contributed by atoms with Crippen LogP contribution in [-0.4, -0.2) is 30.5 Å². The van der Waals surface area contributed by atoms with Crippen LogP contribution in [0.5, 0.6) is 0 Å². The van der Waals surface area contributed by atoms with E-state index in [9.17, 15) is 0 Å². The number of nitrogens with zero attached hydrogens (tertiary/aromatic N) is 1. The van der Waals surface area contributed by atoms with E-state index in [4.69, 9.17) is 4.74 Å². The molecule has 3 nitrogen and oxygen atoms in total. The van der Waals surface area contributed by atoms with Gasteiger partial charge in [-0.2, -0.15) is 11.8 Å². The Morgan fingerprint density at radius 1 is 1.47 bits per heavy atom. The fourth-order valence-corrected chi connectivity index (χ4v) is 3.14. The Morgan fingerprint density at radius 3 is 2.88 bits per heavy atom. The average molecular weight is 274 g/mol. The molecular weight excluding hydrogens is 252 g/mol. The molecule has 0 aliphatic carbocycles. The molecule has 0 fully saturated rings. The molecule has 0 saturated heterocycles. The third-order valence-electron chi connectivity index (χ3n) is 2.25. The van der Waals surface area contributed by atoms with E-state index in [1.54, 1.807) is 7.11 Å². The Bertz CT molecular complexity index is 326. The van der Waals surface area contributed by atoms with Gasteiger partial charge in [0.05, 0.1) is 12.3 Å². The second kappa shape index (κ2) is 8.08. The van der Waals surface area contributed by atoms with Gasteiger partial charge in [-0.1, -0.05) is 13.8 Å². The maximum absolute atomic E-state index is 5.00. The summed E-state index contributed by atoms with van der Waals surface area (Å²) >= 11 is 3.77. The zero-order valence-electron chi connectivity index (χ0n) is 11.1. The molecule has 0 radical (unpaired) electrons. The summed E-state index contributed by atoms with van der Waals surface area (Å²) in [5.74, 6) is 1.03. The lowest BCUT2D eigenvalue weighted by Gasteiger charge is -2.02. The van der Waals surface area contributed by atoms with Crippen LogP contribution in [0.25, 0.3) is 0 Å². The summed E-state index contributed by atoms with van der Waals surface area (Å²) < 4.78 is 5.00. The number of ether oxygens (including phenoxy) is 1.